The molecule has 0 aliphatic heterocycles. The zero-order chi connectivity index (χ0) is 13.8. The van der Waals surface area contributed by atoms with E-state index in [1.807, 2.05) is 13.8 Å². The Labute approximate surface area is 114 Å². The van der Waals surface area contributed by atoms with E-state index in [0.29, 0.717) is 0 Å². The van der Waals surface area contributed by atoms with Crippen molar-refractivity contribution >= 4 is 17.7 Å². The molecule has 0 atom stereocenters. The van der Waals surface area contributed by atoms with Crippen LogP contribution in [0.25, 0.3) is 0 Å². The van der Waals surface area contributed by atoms with Crippen molar-refractivity contribution in [2.75, 3.05) is 12.9 Å². The molecule has 0 saturated carbocycles. The molecule has 0 N–H and O–H groups in total. The molecule has 0 aliphatic carbocycles. The molecule has 100 valence electrons. The maximum absolute atomic E-state index is 11.5. The number of carbonyl (C=O) groups excluding carboxylic acids is 1. The van der Waals surface area contributed by atoms with Crippen LogP contribution in [0, 0.1) is 19.3 Å². The van der Waals surface area contributed by atoms with Gasteiger partial charge in [0.05, 0.1) is 12.5 Å². The van der Waals surface area contributed by atoms with Gasteiger partial charge >= 0.3 is 5.97 Å². The third kappa shape index (κ3) is 4.37. The monoisotopic (exact) mass is 266 g/mol. The predicted octanol–water partition coefficient (Wildman–Crippen LogP) is 3.74. The summed E-state index contributed by atoms with van der Waals surface area (Å²) in [6.45, 7) is 8.07. The van der Waals surface area contributed by atoms with Gasteiger partial charge in [-0.3, -0.25) is 4.79 Å². The summed E-state index contributed by atoms with van der Waals surface area (Å²) in [7, 11) is 1.44. The number of carbonyl (C=O) groups is 1. The lowest BCUT2D eigenvalue weighted by Gasteiger charge is -2.20. The van der Waals surface area contributed by atoms with Crippen LogP contribution in [-0.4, -0.2) is 18.8 Å². The summed E-state index contributed by atoms with van der Waals surface area (Å²) in [6.07, 6.45) is 0. The van der Waals surface area contributed by atoms with Crippen LogP contribution in [-0.2, 0) is 15.3 Å². The van der Waals surface area contributed by atoms with Crippen LogP contribution in [0.1, 0.15) is 30.5 Å². The lowest BCUT2D eigenvalue weighted by molar-refractivity contribution is -0.149. The first kappa shape index (κ1) is 15.1. The highest BCUT2D eigenvalue weighted by atomic mass is 32.2. The van der Waals surface area contributed by atoms with Crippen LogP contribution < -0.4 is 0 Å². The molecule has 0 aliphatic rings. The van der Waals surface area contributed by atoms with E-state index < -0.39 is 5.41 Å². The highest BCUT2D eigenvalue weighted by Crippen LogP contribution is 2.26. The molecule has 0 aromatic heterocycles. The molecular weight excluding hydrogens is 244 g/mol. The van der Waals surface area contributed by atoms with Crippen molar-refractivity contribution in [3.63, 3.8) is 0 Å². The minimum Gasteiger partial charge on any atom is -0.469 e. The molecule has 0 fully saturated rings. The van der Waals surface area contributed by atoms with Crippen LogP contribution in [0.5, 0.6) is 0 Å². The Hall–Kier alpha value is -0.960. The Morgan fingerprint density at radius 2 is 1.78 bits per heavy atom. The Balaban J connectivity index is 2.53. The van der Waals surface area contributed by atoms with Crippen LogP contribution in [0.2, 0.25) is 0 Å². The lowest BCUT2D eigenvalue weighted by atomic mass is 9.97. The number of methoxy groups -OCH3 is 1. The Morgan fingerprint density at radius 3 is 2.28 bits per heavy atom. The number of rotatable bonds is 5. The van der Waals surface area contributed by atoms with Crippen LogP contribution in [0.4, 0.5) is 0 Å². The van der Waals surface area contributed by atoms with Gasteiger partial charge in [0, 0.05) is 11.5 Å². The van der Waals surface area contributed by atoms with E-state index in [1.165, 1.54) is 23.8 Å². The number of esters is 1. The van der Waals surface area contributed by atoms with Gasteiger partial charge in [0.2, 0.25) is 0 Å². The standard InChI is InChI=1S/C15H22O2S/c1-11-6-12(2)8-13(7-11)9-18-10-15(3,4)14(16)17-5/h6-8H,9-10H2,1-5H3. The molecule has 1 aromatic rings. The Kier molecular flexibility index (Phi) is 5.27. The van der Waals surface area contributed by atoms with Gasteiger partial charge in [-0.05, 0) is 33.3 Å². The topological polar surface area (TPSA) is 26.3 Å². The zero-order valence-corrected chi connectivity index (χ0v) is 12.7. The fraction of sp³-hybridized carbons (Fsp3) is 0.533. The number of thioether (sulfide) groups is 1. The number of hydrogen-bond acceptors (Lipinski definition) is 3. The average molecular weight is 266 g/mol. The van der Waals surface area contributed by atoms with Crippen molar-refractivity contribution in [3.05, 3.63) is 34.9 Å². The van der Waals surface area contributed by atoms with Crippen molar-refractivity contribution in [3.8, 4) is 0 Å². The molecule has 1 rings (SSSR count). The quantitative estimate of drug-likeness (QED) is 0.760. The fourth-order valence-electron chi connectivity index (χ4n) is 1.91. The minimum atomic E-state index is -0.418. The summed E-state index contributed by atoms with van der Waals surface area (Å²) in [5.74, 6) is 1.56. The van der Waals surface area contributed by atoms with Crippen LogP contribution in [0.15, 0.2) is 18.2 Å². The molecule has 1 aromatic carbocycles. The fourth-order valence-corrected chi connectivity index (χ4v) is 3.04. The molecule has 3 heteroatoms. The van der Waals surface area contributed by atoms with Gasteiger partial charge in [0.25, 0.3) is 0 Å². The number of ether oxygens (including phenoxy) is 1. The van der Waals surface area contributed by atoms with E-state index >= 15 is 0 Å². The molecule has 0 saturated heterocycles. The SMILES string of the molecule is COC(=O)C(C)(C)CSCc1cc(C)cc(C)c1. The van der Waals surface area contributed by atoms with Crippen molar-refractivity contribution in [1.29, 1.82) is 0 Å². The normalized spacial score (nSPS) is 11.4. The molecule has 2 nitrogen and oxygen atoms in total. The van der Waals surface area contributed by atoms with Gasteiger partial charge in [-0.25, -0.2) is 0 Å². The molecule has 0 bridgehead atoms. The van der Waals surface area contributed by atoms with Gasteiger partial charge in [-0.1, -0.05) is 29.3 Å². The van der Waals surface area contributed by atoms with Gasteiger partial charge in [-0.2, -0.15) is 11.8 Å². The summed E-state index contributed by atoms with van der Waals surface area (Å²) in [5.41, 5.74) is 3.48. The van der Waals surface area contributed by atoms with Gasteiger partial charge in [0.1, 0.15) is 0 Å². The van der Waals surface area contributed by atoms with Crippen molar-refractivity contribution in [2.24, 2.45) is 5.41 Å². The number of aryl methyl sites for hydroxylation is 2. The summed E-state index contributed by atoms with van der Waals surface area (Å²) < 4.78 is 4.80. The smallest absolute Gasteiger partial charge is 0.312 e. The molecule has 0 amide bonds. The van der Waals surface area contributed by atoms with E-state index in [4.69, 9.17) is 4.74 Å². The third-order valence-corrected chi connectivity index (χ3v) is 4.21. The van der Waals surface area contributed by atoms with Crippen LogP contribution in [0.3, 0.4) is 0 Å². The first-order chi connectivity index (χ1) is 8.35. The summed E-state index contributed by atoms with van der Waals surface area (Å²) in [4.78, 5) is 11.5. The molecule has 0 radical (unpaired) electrons. The highest BCUT2D eigenvalue weighted by molar-refractivity contribution is 7.98. The number of benzene rings is 1. The molecule has 0 unspecified atom stereocenters. The first-order valence-corrected chi connectivity index (χ1v) is 7.24. The van der Waals surface area contributed by atoms with Crippen molar-refractivity contribution < 1.29 is 9.53 Å². The summed E-state index contributed by atoms with van der Waals surface area (Å²) in [5, 5.41) is 0. The van der Waals surface area contributed by atoms with E-state index in [0.717, 1.165) is 11.5 Å². The number of hydrogen-bond donors (Lipinski definition) is 0. The van der Waals surface area contributed by atoms with E-state index in [-0.39, 0.29) is 5.97 Å². The lowest BCUT2D eigenvalue weighted by Crippen LogP contribution is -2.28. The maximum Gasteiger partial charge on any atom is 0.312 e. The zero-order valence-electron chi connectivity index (χ0n) is 11.9. The van der Waals surface area contributed by atoms with Crippen molar-refractivity contribution in [1.82, 2.24) is 0 Å². The largest absolute Gasteiger partial charge is 0.469 e. The second kappa shape index (κ2) is 6.28. The van der Waals surface area contributed by atoms with E-state index in [9.17, 15) is 4.79 Å². The van der Waals surface area contributed by atoms with Gasteiger partial charge in [0.15, 0.2) is 0 Å². The van der Waals surface area contributed by atoms with Gasteiger partial charge < -0.3 is 4.74 Å². The second-order valence-electron chi connectivity index (χ2n) is 5.36. The summed E-state index contributed by atoms with van der Waals surface area (Å²) in [6, 6.07) is 6.57. The maximum atomic E-state index is 11.5. The first-order valence-electron chi connectivity index (χ1n) is 6.08. The highest BCUT2D eigenvalue weighted by Gasteiger charge is 2.28. The Bertz CT molecular complexity index is 404. The second-order valence-corrected chi connectivity index (χ2v) is 6.35. The molecule has 0 spiro atoms. The third-order valence-electron chi connectivity index (χ3n) is 2.75. The molecular formula is C15H22O2S. The summed E-state index contributed by atoms with van der Waals surface area (Å²) >= 11 is 1.77. The Morgan fingerprint density at radius 1 is 1.22 bits per heavy atom. The van der Waals surface area contributed by atoms with E-state index in [2.05, 4.69) is 32.0 Å². The minimum absolute atomic E-state index is 0.143. The van der Waals surface area contributed by atoms with E-state index in [1.54, 1.807) is 11.8 Å². The average Bonchev–Trinajstić information content (AvgIpc) is 2.26. The predicted molar refractivity (Wildman–Crippen MR) is 77.9 cm³/mol. The molecule has 0 heterocycles. The molecule has 18 heavy (non-hydrogen) atoms. The van der Waals surface area contributed by atoms with Gasteiger partial charge in [-0.15, -0.1) is 0 Å². The van der Waals surface area contributed by atoms with Crippen molar-refractivity contribution in [2.45, 2.75) is 33.4 Å². The van der Waals surface area contributed by atoms with Crippen LogP contribution >= 0.6 is 11.8 Å².